The number of amides is 2. The Morgan fingerprint density at radius 2 is 1.92 bits per heavy atom. The molecular weight excluding hydrogens is 346 g/mol. The van der Waals surface area contributed by atoms with Crippen LogP contribution in [0.2, 0.25) is 5.02 Å². The second-order valence-electron chi connectivity index (χ2n) is 5.71. The van der Waals surface area contributed by atoms with Crippen molar-refractivity contribution in [2.75, 3.05) is 58.5 Å². The maximum Gasteiger partial charge on any atom is 0.337 e. The first-order chi connectivity index (χ1) is 12.1. The van der Waals surface area contributed by atoms with Gasteiger partial charge in [-0.2, -0.15) is 0 Å². The summed E-state index contributed by atoms with van der Waals surface area (Å²) in [5.74, 6) is -0.396. The highest BCUT2D eigenvalue weighted by Gasteiger charge is 2.23. The molecule has 0 spiro atoms. The van der Waals surface area contributed by atoms with Gasteiger partial charge in [-0.25, -0.2) is 9.59 Å². The van der Waals surface area contributed by atoms with E-state index in [1.165, 1.54) is 7.11 Å². The summed E-state index contributed by atoms with van der Waals surface area (Å²) in [7, 11) is 2.99. The molecule has 1 saturated heterocycles. The molecule has 0 radical (unpaired) electrons. The molecular formula is C17H24ClN3O4. The number of halogens is 1. The molecule has 2 rings (SSSR count). The van der Waals surface area contributed by atoms with E-state index >= 15 is 0 Å². The third-order valence-electron chi connectivity index (χ3n) is 4.08. The van der Waals surface area contributed by atoms with Crippen LogP contribution in [0.4, 0.5) is 10.5 Å². The summed E-state index contributed by atoms with van der Waals surface area (Å²) in [6.45, 7) is 3.71. The zero-order chi connectivity index (χ0) is 18.2. The topological polar surface area (TPSA) is 71.1 Å². The van der Waals surface area contributed by atoms with Crippen LogP contribution in [0, 0.1) is 0 Å². The molecule has 1 aliphatic rings. The van der Waals surface area contributed by atoms with E-state index in [1.54, 1.807) is 30.2 Å². The summed E-state index contributed by atoms with van der Waals surface area (Å²) < 4.78 is 9.71. The lowest BCUT2D eigenvalue weighted by Crippen LogP contribution is -2.52. The lowest BCUT2D eigenvalue weighted by molar-refractivity contribution is 0.0600. The van der Waals surface area contributed by atoms with Crippen LogP contribution < -0.4 is 10.2 Å². The van der Waals surface area contributed by atoms with Gasteiger partial charge < -0.3 is 24.6 Å². The van der Waals surface area contributed by atoms with Gasteiger partial charge in [0.2, 0.25) is 0 Å². The highest BCUT2D eigenvalue weighted by molar-refractivity contribution is 6.33. The van der Waals surface area contributed by atoms with Gasteiger partial charge in [-0.15, -0.1) is 0 Å². The number of carbonyl (C=O) groups is 2. The Balaban J connectivity index is 1.91. The van der Waals surface area contributed by atoms with Crippen molar-refractivity contribution in [3.05, 3.63) is 28.8 Å². The molecule has 138 valence electrons. The van der Waals surface area contributed by atoms with Crippen molar-refractivity contribution in [2.45, 2.75) is 6.42 Å². The number of esters is 1. The third kappa shape index (κ3) is 5.24. The molecule has 0 aromatic heterocycles. The number of nitrogens with zero attached hydrogens (tertiary/aromatic N) is 2. The second-order valence-corrected chi connectivity index (χ2v) is 6.12. The van der Waals surface area contributed by atoms with Crippen LogP contribution in [0.1, 0.15) is 16.8 Å². The van der Waals surface area contributed by atoms with Gasteiger partial charge in [-0.1, -0.05) is 11.6 Å². The van der Waals surface area contributed by atoms with E-state index in [1.807, 2.05) is 0 Å². The van der Waals surface area contributed by atoms with Crippen molar-refractivity contribution in [3.63, 3.8) is 0 Å². The molecule has 0 saturated carbocycles. The monoisotopic (exact) mass is 369 g/mol. The average molecular weight is 370 g/mol. The van der Waals surface area contributed by atoms with E-state index in [4.69, 9.17) is 21.1 Å². The van der Waals surface area contributed by atoms with Crippen LogP contribution in [0.5, 0.6) is 0 Å². The Morgan fingerprint density at radius 3 is 2.56 bits per heavy atom. The first-order valence-electron chi connectivity index (χ1n) is 8.21. The molecule has 0 aliphatic carbocycles. The predicted molar refractivity (Wildman–Crippen MR) is 96.5 cm³/mol. The van der Waals surface area contributed by atoms with Crippen LogP contribution in [-0.2, 0) is 9.47 Å². The number of carbonyl (C=O) groups excluding carboxylic acids is 2. The van der Waals surface area contributed by atoms with Crippen molar-refractivity contribution in [2.24, 2.45) is 0 Å². The second kappa shape index (κ2) is 9.48. The molecule has 0 unspecified atom stereocenters. The first kappa shape index (κ1) is 19.3. The molecule has 1 aromatic carbocycles. The zero-order valence-corrected chi connectivity index (χ0v) is 15.3. The van der Waals surface area contributed by atoms with Gasteiger partial charge in [0, 0.05) is 46.4 Å². The van der Waals surface area contributed by atoms with E-state index in [0.717, 1.165) is 12.1 Å². The predicted octanol–water partition coefficient (Wildman–Crippen LogP) is 1.99. The lowest BCUT2D eigenvalue weighted by Gasteiger charge is -2.36. The van der Waals surface area contributed by atoms with Gasteiger partial charge in [0.15, 0.2) is 0 Å². The molecule has 1 fully saturated rings. The number of benzene rings is 1. The normalized spacial score (nSPS) is 14.4. The standard InChI is InChI=1S/C17H24ClN3O4/c1-24-11-3-6-19-17(23)21-9-7-20(8-10-21)15-12-13(16(22)25-2)4-5-14(15)18/h4-5,12H,3,6-11H2,1-2H3,(H,19,23). The van der Waals surface area contributed by atoms with Crippen molar-refractivity contribution in [1.29, 1.82) is 0 Å². The Labute approximate surface area is 152 Å². The summed E-state index contributed by atoms with van der Waals surface area (Å²) in [4.78, 5) is 27.7. The number of anilines is 1. The molecule has 7 nitrogen and oxygen atoms in total. The summed E-state index contributed by atoms with van der Waals surface area (Å²) in [5, 5.41) is 3.46. The Hall–Kier alpha value is -1.99. The van der Waals surface area contributed by atoms with Crippen LogP contribution in [-0.4, -0.2) is 70.5 Å². The summed E-state index contributed by atoms with van der Waals surface area (Å²) in [6, 6.07) is 5.00. The highest BCUT2D eigenvalue weighted by Crippen LogP contribution is 2.28. The minimum absolute atomic E-state index is 0.0647. The number of methoxy groups -OCH3 is 2. The fraction of sp³-hybridized carbons (Fsp3) is 0.529. The Bertz CT molecular complexity index is 604. The summed E-state index contributed by atoms with van der Waals surface area (Å²) in [6.07, 6.45) is 0.790. The van der Waals surface area contributed by atoms with Gasteiger partial charge in [0.25, 0.3) is 0 Å². The van der Waals surface area contributed by atoms with Crippen molar-refractivity contribution in [1.82, 2.24) is 10.2 Å². The maximum atomic E-state index is 12.1. The molecule has 0 bridgehead atoms. The average Bonchev–Trinajstić information content (AvgIpc) is 2.65. The number of nitrogens with one attached hydrogen (secondary N) is 1. The van der Waals surface area contributed by atoms with Gasteiger partial charge in [-0.3, -0.25) is 0 Å². The van der Waals surface area contributed by atoms with E-state index in [0.29, 0.717) is 49.9 Å². The van der Waals surface area contributed by atoms with Gasteiger partial charge >= 0.3 is 12.0 Å². The van der Waals surface area contributed by atoms with Crippen LogP contribution in [0.3, 0.4) is 0 Å². The lowest BCUT2D eigenvalue weighted by atomic mass is 10.1. The van der Waals surface area contributed by atoms with Gasteiger partial charge in [-0.05, 0) is 24.6 Å². The molecule has 2 amide bonds. The minimum Gasteiger partial charge on any atom is -0.465 e. The molecule has 1 aliphatic heterocycles. The maximum absolute atomic E-state index is 12.1. The third-order valence-corrected chi connectivity index (χ3v) is 4.40. The molecule has 1 heterocycles. The number of piperazine rings is 1. The number of urea groups is 1. The fourth-order valence-electron chi connectivity index (χ4n) is 2.67. The van der Waals surface area contributed by atoms with Crippen LogP contribution in [0.25, 0.3) is 0 Å². The van der Waals surface area contributed by atoms with Crippen LogP contribution in [0.15, 0.2) is 18.2 Å². The van der Waals surface area contributed by atoms with E-state index in [2.05, 4.69) is 10.2 Å². The van der Waals surface area contributed by atoms with E-state index < -0.39 is 5.97 Å². The summed E-state index contributed by atoms with van der Waals surface area (Å²) in [5.41, 5.74) is 1.24. The number of hydrogen-bond acceptors (Lipinski definition) is 5. The fourth-order valence-corrected chi connectivity index (χ4v) is 2.91. The van der Waals surface area contributed by atoms with E-state index in [9.17, 15) is 9.59 Å². The largest absolute Gasteiger partial charge is 0.465 e. The number of ether oxygens (including phenoxy) is 2. The minimum atomic E-state index is -0.396. The molecule has 25 heavy (non-hydrogen) atoms. The van der Waals surface area contributed by atoms with Crippen molar-refractivity contribution >= 4 is 29.3 Å². The molecule has 0 atom stereocenters. The smallest absolute Gasteiger partial charge is 0.337 e. The van der Waals surface area contributed by atoms with E-state index in [-0.39, 0.29) is 6.03 Å². The summed E-state index contributed by atoms with van der Waals surface area (Å²) >= 11 is 6.28. The molecule has 1 aromatic rings. The van der Waals surface area contributed by atoms with Crippen molar-refractivity contribution < 1.29 is 19.1 Å². The number of rotatable bonds is 6. The Morgan fingerprint density at radius 1 is 1.20 bits per heavy atom. The number of hydrogen-bond donors (Lipinski definition) is 1. The SMILES string of the molecule is COCCCNC(=O)N1CCN(c2cc(C(=O)OC)ccc2Cl)CC1. The van der Waals surface area contributed by atoms with Crippen LogP contribution >= 0.6 is 11.6 Å². The molecule has 1 N–H and O–H groups in total. The highest BCUT2D eigenvalue weighted by atomic mass is 35.5. The Kier molecular flexibility index (Phi) is 7.33. The first-order valence-corrected chi connectivity index (χ1v) is 8.59. The van der Waals surface area contributed by atoms with Gasteiger partial charge in [0.05, 0.1) is 23.4 Å². The van der Waals surface area contributed by atoms with Crippen molar-refractivity contribution in [3.8, 4) is 0 Å². The molecule has 8 heteroatoms. The quantitative estimate of drug-likeness (QED) is 0.613. The van der Waals surface area contributed by atoms with Gasteiger partial charge in [0.1, 0.15) is 0 Å². The zero-order valence-electron chi connectivity index (χ0n) is 14.6.